The van der Waals surface area contributed by atoms with Gasteiger partial charge in [0, 0.05) is 22.7 Å². The molecule has 1 aliphatic rings. The first kappa shape index (κ1) is 12.2. The summed E-state index contributed by atoms with van der Waals surface area (Å²) < 4.78 is 3.21. The van der Waals surface area contributed by atoms with E-state index in [4.69, 9.17) is 5.11 Å². The average Bonchev–Trinajstić information content (AvgIpc) is 2.81. The molecule has 1 heterocycles. The zero-order valence-electron chi connectivity index (χ0n) is 10.2. The van der Waals surface area contributed by atoms with Crippen molar-refractivity contribution in [3.63, 3.8) is 0 Å². The Balaban J connectivity index is 1.82. The summed E-state index contributed by atoms with van der Waals surface area (Å²) in [4.78, 5) is 0. The van der Waals surface area contributed by atoms with Gasteiger partial charge in [-0.05, 0) is 49.8 Å². The number of benzene rings is 1. The summed E-state index contributed by atoms with van der Waals surface area (Å²) in [6.45, 7) is 0.334. The number of rotatable bonds is 2. The third-order valence-electron chi connectivity index (χ3n) is 3.93. The molecule has 1 aromatic heterocycles. The Bertz CT molecular complexity index is 544. The molecule has 3 nitrogen and oxygen atoms in total. The molecule has 0 radical (unpaired) electrons. The van der Waals surface area contributed by atoms with Gasteiger partial charge < -0.3 is 5.11 Å². The minimum absolute atomic E-state index is 0.334. The summed E-state index contributed by atoms with van der Waals surface area (Å²) in [7, 11) is 0. The van der Waals surface area contributed by atoms with Crippen LogP contribution in [0.25, 0.3) is 10.9 Å². The molecule has 1 aliphatic carbocycles. The average molecular weight is 309 g/mol. The van der Waals surface area contributed by atoms with E-state index >= 15 is 0 Å². The summed E-state index contributed by atoms with van der Waals surface area (Å²) in [6.07, 6.45) is 6.62. The first-order valence-corrected chi connectivity index (χ1v) is 7.31. The highest BCUT2D eigenvalue weighted by atomic mass is 79.9. The zero-order chi connectivity index (χ0) is 12.5. The number of nitrogens with zero attached hydrogens (tertiary/aromatic N) is 2. The number of aliphatic hydroxyl groups excluding tert-OH is 1. The SMILES string of the molecule is OCC1CCC(n2cc3cc(Br)ccc3n2)CC1. The molecule has 1 saturated carbocycles. The zero-order valence-corrected chi connectivity index (χ0v) is 11.8. The molecule has 0 amide bonds. The van der Waals surface area contributed by atoms with Crippen molar-refractivity contribution in [3.8, 4) is 0 Å². The smallest absolute Gasteiger partial charge is 0.0924 e. The van der Waals surface area contributed by atoms with Crippen LogP contribution in [-0.2, 0) is 0 Å². The van der Waals surface area contributed by atoms with Crippen LogP contribution < -0.4 is 0 Å². The molecule has 0 aliphatic heterocycles. The highest BCUT2D eigenvalue weighted by Crippen LogP contribution is 2.32. The Labute approximate surface area is 115 Å². The van der Waals surface area contributed by atoms with Crippen molar-refractivity contribution < 1.29 is 5.11 Å². The number of aliphatic hydroxyl groups is 1. The minimum Gasteiger partial charge on any atom is -0.396 e. The van der Waals surface area contributed by atoms with Crippen LogP contribution in [0.5, 0.6) is 0 Å². The first-order valence-electron chi connectivity index (χ1n) is 6.51. The Hall–Kier alpha value is -0.870. The molecule has 3 rings (SSSR count). The fourth-order valence-corrected chi connectivity index (χ4v) is 3.17. The standard InChI is InChI=1S/C14H17BrN2O/c15-12-3-6-14-11(7-12)8-17(16-14)13-4-1-10(9-18)2-5-13/h3,6-8,10,13,18H,1-2,4-5,9H2. The third-order valence-corrected chi connectivity index (χ3v) is 4.43. The van der Waals surface area contributed by atoms with Gasteiger partial charge in [-0.1, -0.05) is 15.9 Å². The molecule has 96 valence electrons. The van der Waals surface area contributed by atoms with Crippen LogP contribution in [0.4, 0.5) is 0 Å². The molecule has 1 N–H and O–H groups in total. The van der Waals surface area contributed by atoms with Gasteiger partial charge in [0.25, 0.3) is 0 Å². The van der Waals surface area contributed by atoms with E-state index in [1.807, 2.05) is 6.07 Å². The number of hydrogen-bond acceptors (Lipinski definition) is 2. The van der Waals surface area contributed by atoms with Crippen LogP contribution in [0.2, 0.25) is 0 Å². The lowest BCUT2D eigenvalue weighted by atomic mass is 9.87. The van der Waals surface area contributed by atoms with Crippen molar-refractivity contribution in [2.45, 2.75) is 31.7 Å². The van der Waals surface area contributed by atoms with E-state index in [1.165, 1.54) is 5.39 Å². The molecule has 4 heteroatoms. The highest BCUT2D eigenvalue weighted by Gasteiger charge is 2.22. The van der Waals surface area contributed by atoms with Crippen molar-refractivity contribution in [1.29, 1.82) is 0 Å². The van der Waals surface area contributed by atoms with E-state index < -0.39 is 0 Å². The van der Waals surface area contributed by atoms with Crippen LogP contribution in [0.1, 0.15) is 31.7 Å². The molecule has 0 unspecified atom stereocenters. The summed E-state index contributed by atoms with van der Waals surface area (Å²) in [5, 5.41) is 15.0. The molecule has 0 saturated heterocycles. The Kier molecular flexibility index (Phi) is 3.39. The van der Waals surface area contributed by atoms with Gasteiger partial charge in [0.05, 0.1) is 11.6 Å². The lowest BCUT2D eigenvalue weighted by Gasteiger charge is -2.27. The molecule has 0 atom stereocenters. The van der Waals surface area contributed by atoms with Gasteiger partial charge in [-0.2, -0.15) is 5.10 Å². The van der Waals surface area contributed by atoms with Crippen molar-refractivity contribution in [2.75, 3.05) is 6.61 Å². The maximum absolute atomic E-state index is 9.17. The molecular weight excluding hydrogens is 292 g/mol. The van der Waals surface area contributed by atoms with E-state index in [9.17, 15) is 0 Å². The van der Waals surface area contributed by atoms with Gasteiger partial charge in [0.1, 0.15) is 0 Å². The van der Waals surface area contributed by atoms with Crippen molar-refractivity contribution in [1.82, 2.24) is 9.78 Å². The van der Waals surface area contributed by atoms with Gasteiger partial charge in [0.2, 0.25) is 0 Å². The fraction of sp³-hybridized carbons (Fsp3) is 0.500. The van der Waals surface area contributed by atoms with E-state index in [2.05, 4.69) is 44.0 Å². The van der Waals surface area contributed by atoms with Crippen molar-refractivity contribution >= 4 is 26.8 Å². The number of hydrogen-bond donors (Lipinski definition) is 1. The van der Waals surface area contributed by atoms with Crippen LogP contribution >= 0.6 is 15.9 Å². The molecule has 1 fully saturated rings. The van der Waals surface area contributed by atoms with Crippen LogP contribution in [0.3, 0.4) is 0 Å². The van der Waals surface area contributed by atoms with Crippen LogP contribution in [-0.4, -0.2) is 21.5 Å². The summed E-state index contributed by atoms with van der Waals surface area (Å²) in [6, 6.07) is 6.69. The predicted molar refractivity (Wildman–Crippen MR) is 75.5 cm³/mol. The Morgan fingerprint density at radius 1 is 1.28 bits per heavy atom. The number of aromatic nitrogens is 2. The van der Waals surface area contributed by atoms with Crippen LogP contribution in [0.15, 0.2) is 28.9 Å². The Morgan fingerprint density at radius 2 is 2.06 bits per heavy atom. The first-order chi connectivity index (χ1) is 8.76. The maximum Gasteiger partial charge on any atom is 0.0924 e. The van der Waals surface area contributed by atoms with Crippen LogP contribution in [0, 0.1) is 5.92 Å². The second-order valence-electron chi connectivity index (χ2n) is 5.17. The monoisotopic (exact) mass is 308 g/mol. The van der Waals surface area contributed by atoms with E-state index in [0.717, 1.165) is 35.7 Å². The third kappa shape index (κ3) is 2.31. The van der Waals surface area contributed by atoms with Crippen molar-refractivity contribution in [2.24, 2.45) is 5.92 Å². The molecule has 2 aromatic rings. The fourth-order valence-electron chi connectivity index (χ4n) is 2.79. The highest BCUT2D eigenvalue weighted by molar-refractivity contribution is 9.10. The summed E-state index contributed by atoms with van der Waals surface area (Å²) >= 11 is 3.49. The largest absolute Gasteiger partial charge is 0.396 e. The van der Waals surface area contributed by atoms with E-state index in [1.54, 1.807) is 0 Å². The lowest BCUT2D eigenvalue weighted by Crippen LogP contribution is -2.20. The van der Waals surface area contributed by atoms with Crippen molar-refractivity contribution in [3.05, 3.63) is 28.9 Å². The van der Waals surface area contributed by atoms with Gasteiger partial charge in [0.15, 0.2) is 0 Å². The summed E-state index contributed by atoms with van der Waals surface area (Å²) in [5.41, 5.74) is 1.06. The normalized spacial score (nSPS) is 24.6. The second kappa shape index (κ2) is 5.02. The molecule has 1 aromatic carbocycles. The number of halogens is 1. The van der Waals surface area contributed by atoms with Gasteiger partial charge >= 0.3 is 0 Å². The molecule has 0 spiro atoms. The topological polar surface area (TPSA) is 38.0 Å². The maximum atomic E-state index is 9.17. The van der Waals surface area contributed by atoms with Gasteiger partial charge in [-0.15, -0.1) is 0 Å². The predicted octanol–water partition coefficient (Wildman–Crippen LogP) is 3.52. The second-order valence-corrected chi connectivity index (χ2v) is 6.09. The Morgan fingerprint density at radius 3 is 2.78 bits per heavy atom. The molecular formula is C14H17BrN2O. The van der Waals surface area contributed by atoms with E-state index in [-0.39, 0.29) is 0 Å². The lowest BCUT2D eigenvalue weighted by molar-refractivity contribution is 0.165. The summed E-state index contributed by atoms with van der Waals surface area (Å²) in [5.74, 6) is 0.500. The quantitative estimate of drug-likeness (QED) is 0.921. The molecule has 18 heavy (non-hydrogen) atoms. The van der Waals surface area contributed by atoms with Gasteiger partial charge in [-0.3, -0.25) is 4.68 Å². The van der Waals surface area contributed by atoms with E-state index in [0.29, 0.717) is 18.6 Å². The molecule has 0 bridgehead atoms. The number of fused-ring (bicyclic) bond motifs is 1. The van der Waals surface area contributed by atoms with Gasteiger partial charge in [-0.25, -0.2) is 0 Å². The minimum atomic E-state index is 0.334.